The fourth-order valence-corrected chi connectivity index (χ4v) is 5.44. The Labute approximate surface area is 194 Å². The Hall–Kier alpha value is -2.00. The van der Waals surface area contributed by atoms with Gasteiger partial charge in [0.1, 0.15) is 5.82 Å². The quantitative estimate of drug-likeness (QED) is 0.361. The molecule has 0 spiro atoms. The van der Waals surface area contributed by atoms with Crippen molar-refractivity contribution in [1.29, 1.82) is 0 Å². The number of rotatable bonds is 7. The number of halogens is 2. The lowest BCUT2D eigenvalue weighted by Gasteiger charge is -2.31. The second-order valence-corrected chi connectivity index (χ2v) is 9.99. The van der Waals surface area contributed by atoms with Crippen LogP contribution in [-0.2, 0) is 17.1 Å². The van der Waals surface area contributed by atoms with Crippen LogP contribution in [0.5, 0.6) is 0 Å². The Morgan fingerprint density at radius 1 is 1.16 bits per heavy atom. The van der Waals surface area contributed by atoms with E-state index in [1.165, 1.54) is 23.0 Å². The first-order valence-electron chi connectivity index (χ1n) is 10.0. The zero-order valence-corrected chi connectivity index (χ0v) is 19.2. The third kappa shape index (κ3) is 6.04. The van der Waals surface area contributed by atoms with Gasteiger partial charge in [0, 0.05) is 28.8 Å². The van der Waals surface area contributed by atoms with E-state index in [1.54, 1.807) is 23.9 Å². The van der Waals surface area contributed by atoms with Crippen molar-refractivity contribution in [3.8, 4) is 0 Å². The van der Waals surface area contributed by atoms with Gasteiger partial charge in [-0.2, -0.15) is 0 Å². The van der Waals surface area contributed by atoms with E-state index >= 15 is 0 Å². The Morgan fingerprint density at radius 2 is 1.94 bits per heavy atom. The molecule has 2 heterocycles. The highest BCUT2D eigenvalue weighted by molar-refractivity contribution is 8.00. The number of benzene rings is 2. The number of hydrogen-bond acceptors (Lipinski definition) is 6. The summed E-state index contributed by atoms with van der Waals surface area (Å²) in [6.07, 6.45) is 1.43. The Balaban J connectivity index is 1.24. The first-order chi connectivity index (χ1) is 15.1. The monoisotopic (exact) mass is 476 g/mol. The second-order valence-electron chi connectivity index (χ2n) is 7.39. The number of amides is 1. The zero-order chi connectivity index (χ0) is 21.6. The SMILES string of the molecule is O=C(Nc1nnc(SCc2ccccc2)s1)C1CCN(Cc2c(F)cccc2Cl)CC1. The molecule has 0 saturated carbocycles. The van der Waals surface area contributed by atoms with Crippen LogP contribution in [0.1, 0.15) is 24.0 Å². The van der Waals surface area contributed by atoms with Gasteiger partial charge in [0.05, 0.1) is 0 Å². The molecule has 1 aliphatic heterocycles. The van der Waals surface area contributed by atoms with Crippen molar-refractivity contribution < 1.29 is 9.18 Å². The number of carbonyl (C=O) groups excluding carboxylic acids is 1. The van der Waals surface area contributed by atoms with Crippen LogP contribution in [-0.4, -0.2) is 34.1 Å². The van der Waals surface area contributed by atoms with Gasteiger partial charge in [-0.15, -0.1) is 10.2 Å². The maximum absolute atomic E-state index is 14.0. The third-order valence-corrected chi connectivity index (χ3v) is 7.64. The van der Waals surface area contributed by atoms with E-state index in [1.807, 2.05) is 18.2 Å². The summed E-state index contributed by atoms with van der Waals surface area (Å²) in [6, 6.07) is 14.9. The Bertz CT molecular complexity index is 1010. The highest BCUT2D eigenvalue weighted by Gasteiger charge is 2.26. The normalized spacial score (nSPS) is 15.2. The topological polar surface area (TPSA) is 58.1 Å². The molecule has 0 atom stereocenters. The van der Waals surface area contributed by atoms with Gasteiger partial charge in [-0.3, -0.25) is 9.69 Å². The van der Waals surface area contributed by atoms with Gasteiger partial charge in [0.25, 0.3) is 0 Å². The fraction of sp³-hybridized carbons (Fsp3) is 0.318. The molecule has 0 unspecified atom stereocenters. The van der Waals surface area contributed by atoms with Gasteiger partial charge in [0.2, 0.25) is 11.0 Å². The Kier molecular flexibility index (Phi) is 7.55. The van der Waals surface area contributed by atoms with Crippen LogP contribution in [0.25, 0.3) is 0 Å². The molecule has 5 nitrogen and oxygen atoms in total. The Morgan fingerprint density at radius 3 is 2.68 bits per heavy atom. The molecule has 1 amide bonds. The zero-order valence-electron chi connectivity index (χ0n) is 16.8. The van der Waals surface area contributed by atoms with Crippen LogP contribution in [0.15, 0.2) is 52.9 Å². The van der Waals surface area contributed by atoms with Crippen molar-refractivity contribution in [3.05, 3.63) is 70.5 Å². The van der Waals surface area contributed by atoms with E-state index < -0.39 is 0 Å². The van der Waals surface area contributed by atoms with Crippen molar-refractivity contribution in [2.45, 2.75) is 29.5 Å². The maximum atomic E-state index is 14.0. The minimum absolute atomic E-state index is 0.0284. The summed E-state index contributed by atoms with van der Waals surface area (Å²) in [6.45, 7) is 1.90. The first kappa shape index (κ1) is 22.2. The summed E-state index contributed by atoms with van der Waals surface area (Å²) in [5.74, 6) is 0.411. The smallest absolute Gasteiger partial charge is 0.229 e. The lowest BCUT2D eigenvalue weighted by atomic mass is 9.95. The summed E-state index contributed by atoms with van der Waals surface area (Å²) in [7, 11) is 0. The van der Waals surface area contributed by atoms with Gasteiger partial charge < -0.3 is 5.32 Å². The van der Waals surface area contributed by atoms with E-state index in [4.69, 9.17) is 11.6 Å². The number of anilines is 1. The molecule has 0 aliphatic carbocycles. The van der Waals surface area contributed by atoms with Crippen LogP contribution >= 0.6 is 34.7 Å². The number of aromatic nitrogens is 2. The molecule has 162 valence electrons. The van der Waals surface area contributed by atoms with E-state index in [0.29, 0.717) is 35.1 Å². The number of likely N-dealkylation sites (tertiary alicyclic amines) is 1. The number of nitrogens with one attached hydrogen (secondary N) is 1. The molecule has 1 aromatic heterocycles. The molecule has 1 aliphatic rings. The molecule has 1 N–H and O–H groups in total. The minimum atomic E-state index is -0.287. The summed E-state index contributed by atoms with van der Waals surface area (Å²) in [4.78, 5) is 14.8. The lowest BCUT2D eigenvalue weighted by molar-refractivity contribution is -0.121. The number of hydrogen-bond donors (Lipinski definition) is 1. The van der Waals surface area contributed by atoms with Crippen molar-refractivity contribution in [3.63, 3.8) is 0 Å². The van der Waals surface area contributed by atoms with E-state index in [2.05, 4.69) is 32.5 Å². The highest BCUT2D eigenvalue weighted by atomic mass is 35.5. The van der Waals surface area contributed by atoms with Crippen LogP contribution < -0.4 is 5.32 Å². The number of thioether (sulfide) groups is 1. The summed E-state index contributed by atoms with van der Waals surface area (Å²) in [5.41, 5.74) is 1.73. The molecule has 9 heteroatoms. The van der Waals surface area contributed by atoms with E-state index in [-0.39, 0.29) is 17.6 Å². The molecular formula is C22H22ClFN4OS2. The van der Waals surface area contributed by atoms with Crippen molar-refractivity contribution in [1.82, 2.24) is 15.1 Å². The third-order valence-electron chi connectivity index (χ3n) is 5.24. The maximum Gasteiger partial charge on any atom is 0.229 e. The average Bonchev–Trinajstić information content (AvgIpc) is 3.23. The summed E-state index contributed by atoms with van der Waals surface area (Å²) in [5, 5.41) is 12.1. The minimum Gasteiger partial charge on any atom is -0.300 e. The average molecular weight is 477 g/mol. The van der Waals surface area contributed by atoms with Crippen molar-refractivity contribution in [2.75, 3.05) is 18.4 Å². The van der Waals surface area contributed by atoms with Gasteiger partial charge in [-0.05, 0) is 43.6 Å². The summed E-state index contributed by atoms with van der Waals surface area (Å²) < 4.78 is 14.8. The first-order valence-corrected chi connectivity index (χ1v) is 12.2. The molecule has 1 saturated heterocycles. The van der Waals surface area contributed by atoms with Gasteiger partial charge >= 0.3 is 0 Å². The second kappa shape index (κ2) is 10.5. The lowest BCUT2D eigenvalue weighted by Crippen LogP contribution is -2.38. The fourth-order valence-electron chi connectivity index (χ4n) is 3.51. The molecule has 31 heavy (non-hydrogen) atoms. The number of piperidine rings is 1. The molecule has 2 aromatic carbocycles. The van der Waals surface area contributed by atoms with Gasteiger partial charge in [-0.25, -0.2) is 4.39 Å². The molecule has 4 rings (SSSR count). The van der Waals surface area contributed by atoms with Gasteiger partial charge in [-0.1, -0.05) is 71.1 Å². The van der Waals surface area contributed by atoms with E-state index in [0.717, 1.165) is 23.2 Å². The van der Waals surface area contributed by atoms with Crippen molar-refractivity contribution in [2.24, 2.45) is 5.92 Å². The molecule has 0 radical (unpaired) electrons. The molecular weight excluding hydrogens is 455 g/mol. The highest BCUT2D eigenvalue weighted by Crippen LogP contribution is 2.29. The standard InChI is InChI=1S/C22H22ClFN4OS2/c23-18-7-4-8-19(24)17(18)13-28-11-9-16(10-12-28)20(29)25-21-26-27-22(31-21)30-14-15-5-2-1-3-6-15/h1-8,16H,9-14H2,(H,25,26,29). The van der Waals surface area contributed by atoms with Crippen LogP contribution in [0.2, 0.25) is 5.02 Å². The van der Waals surface area contributed by atoms with Crippen LogP contribution in [0, 0.1) is 11.7 Å². The van der Waals surface area contributed by atoms with Crippen molar-refractivity contribution >= 4 is 45.7 Å². The molecule has 0 bridgehead atoms. The van der Waals surface area contributed by atoms with Gasteiger partial charge in [0.15, 0.2) is 4.34 Å². The largest absolute Gasteiger partial charge is 0.300 e. The van der Waals surface area contributed by atoms with Crippen LogP contribution in [0.4, 0.5) is 9.52 Å². The predicted molar refractivity (Wildman–Crippen MR) is 124 cm³/mol. The number of carbonyl (C=O) groups is 1. The van der Waals surface area contributed by atoms with Crippen LogP contribution in [0.3, 0.4) is 0 Å². The predicted octanol–water partition coefficient (Wildman–Crippen LogP) is 5.47. The van der Waals surface area contributed by atoms with E-state index in [9.17, 15) is 9.18 Å². The summed E-state index contributed by atoms with van der Waals surface area (Å²) >= 11 is 9.13. The molecule has 3 aromatic rings. The molecule has 1 fully saturated rings. The number of nitrogens with zero attached hydrogens (tertiary/aromatic N) is 3.